The zero-order valence-electron chi connectivity index (χ0n) is 11.1. The number of para-hydroxylation sites is 1. The number of carbonyl (C=O) groups excluding carboxylic acids is 1. The van der Waals surface area contributed by atoms with Crippen LogP contribution in [0.4, 0.5) is 10.1 Å². The van der Waals surface area contributed by atoms with Crippen molar-refractivity contribution in [3.8, 4) is 0 Å². The first-order chi connectivity index (χ1) is 9.14. The normalized spacial score (nSPS) is 17.6. The van der Waals surface area contributed by atoms with E-state index in [1.165, 1.54) is 20.3 Å². The van der Waals surface area contributed by atoms with E-state index in [1.807, 2.05) is 0 Å². The number of esters is 1. The van der Waals surface area contributed by atoms with E-state index < -0.39 is 17.3 Å². The Labute approximate surface area is 111 Å². The van der Waals surface area contributed by atoms with Crippen molar-refractivity contribution < 1.29 is 18.7 Å². The van der Waals surface area contributed by atoms with Crippen LogP contribution >= 0.6 is 0 Å². The van der Waals surface area contributed by atoms with Crippen LogP contribution in [0.5, 0.6) is 0 Å². The third-order valence-corrected chi connectivity index (χ3v) is 3.43. The van der Waals surface area contributed by atoms with E-state index in [4.69, 9.17) is 9.47 Å². The van der Waals surface area contributed by atoms with Crippen LogP contribution in [0, 0.1) is 11.7 Å². The van der Waals surface area contributed by atoms with E-state index >= 15 is 0 Å². The van der Waals surface area contributed by atoms with Crippen LogP contribution in [0.15, 0.2) is 24.3 Å². The molecule has 1 atom stereocenters. The average molecular weight is 267 g/mol. The topological polar surface area (TPSA) is 47.6 Å². The van der Waals surface area contributed by atoms with Gasteiger partial charge in [-0.05, 0) is 30.9 Å². The van der Waals surface area contributed by atoms with Crippen LogP contribution in [0.2, 0.25) is 0 Å². The van der Waals surface area contributed by atoms with Crippen molar-refractivity contribution in [1.82, 2.24) is 0 Å². The molecule has 0 spiro atoms. The van der Waals surface area contributed by atoms with Crippen molar-refractivity contribution in [2.75, 3.05) is 26.1 Å². The predicted molar refractivity (Wildman–Crippen MR) is 69.4 cm³/mol. The second-order valence-corrected chi connectivity index (χ2v) is 4.78. The van der Waals surface area contributed by atoms with Gasteiger partial charge in [-0.2, -0.15) is 0 Å². The highest BCUT2D eigenvalue weighted by Crippen LogP contribution is 2.42. The molecule has 5 heteroatoms. The van der Waals surface area contributed by atoms with Crippen molar-refractivity contribution in [2.45, 2.75) is 18.4 Å². The summed E-state index contributed by atoms with van der Waals surface area (Å²) < 4.78 is 23.8. The van der Waals surface area contributed by atoms with Gasteiger partial charge < -0.3 is 14.8 Å². The summed E-state index contributed by atoms with van der Waals surface area (Å²) in [5.74, 6) is -0.702. The van der Waals surface area contributed by atoms with Gasteiger partial charge in [0.15, 0.2) is 5.54 Å². The Morgan fingerprint density at radius 1 is 1.42 bits per heavy atom. The summed E-state index contributed by atoms with van der Waals surface area (Å²) in [6.07, 6.45) is 1.81. The molecule has 0 aromatic heterocycles. The Morgan fingerprint density at radius 3 is 2.63 bits per heavy atom. The lowest BCUT2D eigenvalue weighted by molar-refractivity contribution is -0.149. The molecule has 1 unspecified atom stereocenters. The quantitative estimate of drug-likeness (QED) is 0.803. The van der Waals surface area contributed by atoms with Crippen LogP contribution in [-0.2, 0) is 14.3 Å². The Kier molecular flexibility index (Phi) is 4.04. The van der Waals surface area contributed by atoms with Crippen molar-refractivity contribution in [3.63, 3.8) is 0 Å². The number of rotatable bonds is 6. The molecule has 19 heavy (non-hydrogen) atoms. The summed E-state index contributed by atoms with van der Waals surface area (Å²) in [5.41, 5.74) is -0.719. The fourth-order valence-electron chi connectivity index (χ4n) is 2.32. The SMILES string of the molecule is COCC(Nc1ccccc1F)(C(=O)OC)C1CC1. The predicted octanol–water partition coefficient (Wildman–Crippen LogP) is 2.21. The molecule has 0 heterocycles. The molecule has 1 aromatic rings. The van der Waals surface area contributed by atoms with Gasteiger partial charge in [0.2, 0.25) is 0 Å². The first-order valence-electron chi connectivity index (χ1n) is 6.24. The summed E-state index contributed by atoms with van der Waals surface area (Å²) in [6, 6.07) is 6.27. The van der Waals surface area contributed by atoms with E-state index in [1.54, 1.807) is 18.2 Å². The fourth-order valence-corrected chi connectivity index (χ4v) is 2.32. The summed E-state index contributed by atoms with van der Waals surface area (Å²) >= 11 is 0. The zero-order chi connectivity index (χ0) is 13.9. The van der Waals surface area contributed by atoms with Crippen molar-refractivity contribution in [1.29, 1.82) is 0 Å². The molecule has 1 aliphatic rings. The third-order valence-electron chi connectivity index (χ3n) is 3.43. The molecule has 0 aliphatic heterocycles. The van der Waals surface area contributed by atoms with Crippen LogP contribution in [-0.4, -0.2) is 32.3 Å². The Balaban J connectivity index is 2.32. The largest absolute Gasteiger partial charge is 0.467 e. The molecule has 0 bridgehead atoms. The molecule has 1 aromatic carbocycles. The molecule has 0 saturated heterocycles. The lowest BCUT2D eigenvalue weighted by Gasteiger charge is -2.32. The molecule has 1 saturated carbocycles. The number of nitrogens with one attached hydrogen (secondary N) is 1. The summed E-state index contributed by atoms with van der Waals surface area (Å²) in [4.78, 5) is 12.1. The minimum Gasteiger partial charge on any atom is -0.467 e. The van der Waals surface area contributed by atoms with E-state index in [0.29, 0.717) is 0 Å². The number of methoxy groups -OCH3 is 2. The van der Waals surface area contributed by atoms with Crippen molar-refractivity contribution in [2.24, 2.45) is 5.92 Å². The van der Waals surface area contributed by atoms with E-state index in [9.17, 15) is 9.18 Å². The maximum Gasteiger partial charge on any atom is 0.334 e. The second-order valence-electron chi connectivity index (χ2n) is 4.78. The Hall–Kier alpha value is -1.62. The first kappa shape index (κ1) is 13.8. The van der Waals surface area contributed by atoms with E-state index in [-0.39, 0.29) is 18.2 Å². The highest BCUT2D eigenvalue weighted by atomic mass is 19.1. The van der Waals surface area contributed by atoms with Gasteiger partial charge in [-0.3, -0.25) is 0 Å². The average Bonchev–Trinajstić information content (AvgIpc) is 3.24. The molecule has 0 radical (unpaired) electrons. The van der Waals surface area contributed by atoms with Crippen LogP contribution < -0.4 is 5.32 Å². The molecular weight excluding hydrogens is 249 g/mol. The van der Waals surface area contributed by atoms with Crippen molar-refractivity contribution >= 4 is 11.7 Å². The van der Waals surface area contributed by atoms with Gasteiger partial charge in [0.25, 0.3) is 0 Å². The minimum absolute atomic E-state index is 0.111. The Bertz CT molecular complexity index is 462. The molecule has 1 N–H and O–H groups in total. The van der Waals surface area contributed by atoms with Crippen LogP contribution in [0.3, 0.4) is 0 Å². The number of hydrogen-bond donors (Lipinski definition) is 1. The standard InChI is InChI=1S/C14H18FNO3/c1-18-9-14(10-7-8-10,13(17)19-2)16-12-6-4-3-5-11(12)15/h3-6,10,16H,7-9H2,1-2H3. The van der Waals surface area contributed by atoms with Crippen molar-refractivity contribution in [3.05, 3.63) is 30.1 Å². The molecule has 1 fully saturated rings. The van der Waals surface area contributed by atoms with Gasteiger partial charge in [0.05, 0.1) is 19.4 Å². The first-order valence-corrected chi connectivity index (χ1v) is 6.24. The molecule has 2 rings (SSSR count). The maximum atomic E-state index is 13.8. The van der Waals surface area contributed by atoms with Gasteiger partial charge in [-0.15, -0.1) is 0 Å². The summed E-state index contributed by atoms with van der Waals surface area (Å²) in [5, 5.41) is 3.00. The number of halogens is 1. The number of ether oxygens (including phenoxy) is 2. The van der Waals surface area contributed by atoms with Crippen LogP contribution in [0.1, 0.15) is 12.8 Å². The Morgan fingerprint density at radius 2 is 2.11 bits per heavy atom. The second kappa shape index (κ2) is 5.57. The van der Waals surface area contributed by atoms with Gasteiger partial charge in [-0.25, -0.2) is 9.18 Å². The zero-order valence-corrected chi connectivity index (χ0v) is 11.1. The highest BCUT2D eigenvalue weighted by Gasteiger charge is 2.52. The molecule has 1 aliphatic carbocycles. The van der Waals surface area contributed by atoms with Crippen LogP contribution in [0.25, 0.3) is 0 Å². The number of anilines is 1. The monoisotopic (exact) mass is 267 g/mol. The lowest BCUT2D eigenvalue weighted by Crippen LogP contribution is -2.53. The van der Waals surface area contributed by atoms with Gasteiger partial charge >= 0.3 is 5.97 Å². The number of benzene rings is 1. The van der Waals surface area contributed by atoms with E-state index in [2.05, 4.69) is 5.32 Å². The number of hydrogen-bond acceptors (Lipinski definition) is 4. The molecule has 104 valence electrons. The number of carbonyl (C=O) groups is 1. The smallest absolute Gasteiger partial charge is 0.334 e. The lowest BCUT2D eigenvalue weighted by atomic mass is 9.93. The summed E-state index contributed by atoms with van der Waals surface area (Å²) in [6.45, 7) is 0.151. The highest BCUT2D eigenvalue weighted by molar-refractivity contribution is 5.85. The molecular formula is C14H18FNO3. The summed E-state index contributed by atoms with van der Waals surface area (Å²) in [7, 11) is 2.85. The van der Waals surface area contributed by atoms with Gasteiger partial charge in [-0.1, -0.05) is 12.1 Å². The third kappa shape index (κ3) is 2.71. The fraction of sp³-hybridized carbons (Fsp3) is 0.500. The van der Waals surface area contributed by atoms with Gasteiger partial charge in [0.1, 0.15) is 5.82 Å². The minimum atomic E-state index is -1.01. The van der Waals surface area contributed by atoms with E-state index in [0.717, 1.165) is 12.8 Å². The molecule has 0 amide bonds. The maximum absolute atomic E-state index is 13.8. The van der Waals surface area contributed by atoms with Gasteiger partial charge in [0, 0.05) is 7.11 Å². The molecule has 4 nitrogen and oxygen atoms in total.